The van der Waals surface area contributed by atoms with E-state index in [-0.39, 0.29) is 29.7 Å². The molecule has 2 heterocycles. The monoisotopic (exact) mass is 399 g/mol. The van der Waals surface area contributed by atoms with Crippen LogP contribution >= 0.6 is 0 Å². The fraction of sp³-hybridized carbons (Fsp3) is 0.400. The summed E-state index contributed by atoms with van der Waals surface area (Å²) in [6, 6.07) is 11.0. The van der Waals surface area contributed by atoms with Crippen LogP contribution in [-0.4, -0.2) is 65.2 Å². The Morgan fingerprint density at radius 3 is 2.66 bits per heavy atom. The third-order valence-corrected chi connectivity index (χ3v) is 5.11. The summed E-state index contributed by atoms with van der Waals surface area (Å²) in [6.07, 6.45) is 0. The van der Waals surface area contributed by atoms with Crippen LogP contribution in [0.1, 0.15) is 33.5 Å². The van der Waals surface area contributed by atoms with E-state index >= 15 is 0 Å². The Morgan fingerprint density at radius 1 is 1.24 bits per heavy atom. The molecule has 2 N–H and O–H groups in total. The van der Waals surface area contributed by atoms with Gasteiger partial charge in [-0.3, -0.25) is 19.1 Å². The first-order chi connectivity index (χ1) is 13.9. The fourth-order valence-corrected chi connectivity index (χ4v) is 3.16. The van der Waals surface area contributed by atoms with Crippen LogP contribution in [0.15, 0.2) is 36.4 Å². The summed E-state index contributed by atoms with van der Waals surface area (Å²) >= 11 is 0. The van der Waals surface area contributed by atoms with Gasteiger partial charge < -0.3 is 20.3 Å². The van der Waals surface area contributed by atoms with Crippen molar-refractivity contribution in [2.75, 3.05) is 27.3 Å². The van der Waals surface area contributed by atoms with Crippen LogP contribution in [0.25, 0.3) is 0 Å². The molecule has 1 aromatic carbocycles. The van der Waals surface area contributed by atoms with Crippen molar-refractivity contribution in [1.82, 2.24) is 25.3 Å². The third kappa shape index (κ3) is 4.14. The van der Waals surface area contributed by atoms with Gasteiger partial charge in [-0.1, -0.05) is 30.3 Å². The zero-order chi connectivity index (χ0) is 21.0. The van der Waals surface area contributed by atoms with Gasteiger partial charge in [0.15, 0.2) is 5.69 Å². The van der Waals surface area contributed by atoms with E-state index < -0.39 is 11.4 Å². The van der Waals surface area contributed by atoms with E-state index in [4.69, 9.17) is 4.74 Å². The number of methoxy groups -OCH3 is 1. The first-order valence-corrected chi connectivity index (χ1v) is 9.32. The van der Waals surface area contributed by atoms with Crippen LogP contribution in [0.4, 0.5) is 0 Å². The van der Waals surface area contributed by atoms with Crippen LogP contribution < -0.4 is 10.6 Å². The van der Waals surface area contributed by atoms with Gasteiger partial charge in [0.2, 0.25) is 5.91 Å². The van der Waals surface area contributed by atoms with E-state index in [0.717, 1.165) is 5.56 Å². The molecule has 154 valence electrons. The second kappa shape index (κ2) is 8.44. The first kappa shape index (κ1) is 20.5. The van der Waals surface area contributed by atoms with E-state index in [0.29, 0.717) is 19.7 Å². The average Bonchev–Trinajstić information content (AvgIpc) is 3.15. The highest BCUT2D eigenvalue weighted by Crippen LogP contribution is 2.26. The molecular weight excluding hydrogens is 374 g/mol. The minimum atomic E-state index is -1.13. The van der Waals surface area contributed by atoms with Crippen molar-refractivity contribution >= 4 is 17.7 Å². The van der Waals surface area contributed by atoms with Crippen molar-refractivity contribution in [3.05, 3.63) is 53.3 Å². The van der Waals surface area contributed by atoms with Crippen LogP contribution in [0.5, 0.6) is 0 Å². The molecule has 2 aromatic rings. The highest BCUT2D eigenvalue weighted by molar-refractivity contribution is 6.01. The topological polar surface area (TPSA) is 106 Å². The Balaban J connectivity index is 1.75. The molecule has 9 nitrogen and oxygen atoms in total. The molecule has 1 aromatic heterocycles. The molecule has 0 saturated heterocycles. The number of nitrogens with zero attached hydrogens (tertiary/aromatic N) is 3. The van der Waals surface area contributed by atoms with Crippen molar-refractivity contribution in [3.8, 4) is 0 Å². The fourth-order valence-electron chi connectivity index (χ4n) is 3.16. The maximum Gasteiger partial charge on any atom is 0.272 e. The van der Waals surface area contributed by atoms with Gasteiger partial charge in [-0.15, -0.1) is 0 Å². The molecule has 0 saturated carbocycles. The highest BCUT2D eigenvalue weighted by atomic mass is 16.5. The SMILES string of the molecule is COCCNC(=O)c1cc2n(n1)CC(C)(C(=O)NCc1ccccc1)N(C)C2=O. The smallest absolute Gasteiger partial charge is 0.272 e. The zero-order valence-corrected chi connectivity index (χ0v) is 16.8. The number of aromatic nitrogens is 2. The summed E-state index contributed by atoms with van der Waals surface area (Å²) < 4.78 is 6.33. The van der Waals surface area contributed by atoms with E-state index in [1.165, 1.54) is 15.6 Å². The van der Waals surface area contributed by atoms with Crippen LogP contribution in [0, 0.1) is 0 Å². The molecule has 1 unspecified atom stereocenters. The van der Waals surface area contributed by atoms with Crippen LogP contribution in [0.3, 0.4) is 0 Å². The quantitative estimate of drug-likeness (QED) is 0.657. The molecule has 0 aliphatic carbocycles. The molecule has 0 bridgehead atoms. The van der Waals surface area contributed by atoms with Crippen molar-refractivity contribution < 1.29 is 19.1 Å². The molecule has 0 fully saturated rings. The number of ether oxygens (including phenoxy) is 1. The van der Waals surface area contributed by atoms with Gasteiger partial charge in [-0.2, -0.15) is 5.10 Å². The molecule has 0 radical (unpaired) electrons. The molecule has 1 atom stereocenters. The van der Waals surface area contributed by atoms with Crippen molar-refractivity contribution in [1.29, 1.82) is 0 Å². The van der Waals surface area contributed by atoms with Gasteiger partial charge in [0.05, 0.1) is 13.2 Å². The Kier molecular flexibility index (Phi) is 5.97. The van der Waals surface area contributed by atoms with Gasteiger partial charge in [-0.05, 0) is 12.5 Å². The summed E-state index contributed by atoms with van der Waals surface area (Å²) in [4.78, 5) is 39.4. The van der Waals surface area contributed by atoms with Gasteiger partial charge in [0, 0.05) is 33.3 Å². The van der Waals surface area contributed by atoms with E-state index in [2.05, 4.69) is 15.7 Å². The lowest BCUT2D eigenvalue weighted by atomic mass is 9.96. The Labute approximate surface area is 169 Å². The van der Waals surface area contributed by atoms with Crippen molar-refractivity contribution in [3.63, 3.8) is 0 Å². The van der Waals surface area contributed by atoms with Gasteiger partial charge in [-0.25, -0.2) is 0 Å². The van der Waals surface area contributed by atoms with E-state index in [1.807, 2.05) is 30.3 Å². The predicted octanol–water partition coefficient (Wildman–Crippen LogP) is 0.420. The minimum absolute atomic E-state index is 0.131. The largest absolute Gasteiger partial charge is 0.383 e. The molecule has 3 amide bonds. The zero-order valence-electron chi connectivity index (χ0n) is 16.8. The Hall–Kier alpha value is -3.20. The number of rotatable bonds is 7. The maximum absolute atomic E-state index is 12.9. The lowest BCUT2D eigenvalue weighted by molar-refractivity contribution is -0.132. The molecule has 1 aliphatic heterocycles. The van der Waals surface area contributed by atoms with E-state index in [9.17, 15) is 14.4 Å². The van der Waals surface area contributed by atoms with Gasteiger partial charge >= 0.3 is 0 Å². The molecule has 9 heteroatoms. The number of nitrogens with one attached hydrogen (secondary N) is 2. The summed E-state index contributed by atoms with van der Waals surface area (Å²) in [5, 5.41) is 9.81. The van der Waals surface area contributed by atoms with Crippen molar-refractivity contribution in [2.45, 2.75) is 25.6 Å². The van der Waals surface area contributed by atoms with Crippen molar-refractivity contribution in [2.24, 2.45) is 0 Å². The molecule has 29 heavy (non-hydrogen) atoms. The number of fused-ring (bicyclic) bond motifs is 1. The summed E-state index contributed by atoms with van der Waals surface area (Å²) in [6.45, 7) is 2.91. The number of benzene rings is 1. The molecule has 3 rings (SSSR count). The van der Waals surface area contributed by atoms with Gasteiger partial charge in [0.1, 0.15) is 11.2 Å². The number of hydrogen-bond acceptors (Lipinski definition) is 5. The Morgan fingerprint density at radius 2 is 1.97 bits per heavy atom. The summed E-state index contributed by atoms with van der Waals surface area (Å²) in [7, 11) is 3.12. The number of likely N-dealkylation sites (N-methyl/N-ethyl adjacent to an activating group) is 1. The normalized spacial score (nSPS) is 18.3. The number of hydrogen-bond donors (Lipinski definition) is 2. The number of carbonyl (C=O) groups excluding carboxylic acids is 3. The highest BCUT2D eigenvalue weighted by Gasteiger charge is 2.46. The Bertz CT molecular complexity index is 911. The lowest BCUT2D eigenvalue weighted by Gasteiger charge is -2.40. The average molecular weight is 399 g/mol. The second-order valence-electron chi connectivity index (χ2n) is 7.13. The second-order valence-corrected chi connectivity index (χ2v) is 7.13. The standard InChI is InChI=1S/C20H25N5O4/c1-20(19(28)22-12-14-7-5-4-6-8-14)13-25-16(18(27)24(20)2)11-15(23-25)17(26)21-9-10-29-3/h4-8,11H,9-10,12-13H2,1-3H3,(H,21,26)(H,22,28). The van der Waals surface area contributed by atoms with Gasteiger partial charge in [0.25, 0.3) is 11.8 Å². The molecule has 1 aliphatic rings. The van der Waals surface area contributed by atoms with Crippen LogP contribution in [0.2, 0.25) is 0 Å². The lowest BCUT2D eigenvalue weighted by Crippen LogP contribution is -2.62. The number of carbonyl (C=O) groups is 3. The maximum atomic E-state index is 12.9. The number of amides is 3. The predicted molar refractivity (Wildman–Crippen MR) is 105 cm³/mol. The summed E-state index contributed by atoms with van der Waals surface area (Å²) in [5.74, 6) is -1.05. The molecule has 0 spiro atoms. The minimum Gasteiger partial charge on any atom is -0.383 e. The van der Waals surface area contributed by atoms with Crippen LogP contribution in [-0.2, 0) is 22.6 Å². The summed E-state index contributed by atoms with van der Waals surface area (Å²) in [5.41, 5.74) is 0.239. The molecular formula is C20H25N5O4. The first-order valence-electron chi connectivity index (χ1n) is 9.32. The third-order valence-electron chi connectivity index (χ3n) is 5.11. The van der Waals surface area contributed by atoms with E-state index in [1.54, 1.807) is 21.1 Å².